The number of aromatic nitrogens is 3. The minimum Gasteiger partial charge on any atom is -0.494 e. The van der Waals surface area contributed by atoms with Crippen LogP contribution in [-0.4, -0.2) is 21.5 Å². The van der Waals surface area contributed by atoms with Crippen molar-refractivity contribution in [3.63, 3.8) is 0 Å². The molecule has 0 atom stereocenters. The van der Waals surface area contributed by atoms with Crippen LogP contribution in [0.5, 0.6) is 5.75 Å². The van der Waals surface area contributed by atoms with E-state index in [4.69, 9.17) is 17.0 Å². The molecule has 0 fully saturated rings. The van der Waals surface area contributed by atoms with Crippen molar-refractivity contribution in [1.82, 2.24) is 14.9 Å². The van der Waals surface area contributed by atoms with Crippen molar-refractivity contribution in [3.8, 4) is 17.1 Å². The molecule has 0 saturated carbocycles. The maximum absolute atomic E-state index is 5.53. The lowest BCUT2D eigenvalue weighted by molar-refractivity contribution is 0.340. The van der Waals surface area contributed by atoms with Crippen molar-refractivity contribution in [3.05, 3.63) is 64.9 Å². The predicted octanol–water partition coefficient (Wildman–Crippen LogP) is 3.75. The van der Waals surface area contributed by atoms with Crippen molar-refractivity contribution in [2.75, 3.05) is 12.0 Å². The molecule has 6 heteroatoms. The lowest BCUT2D eigenvalue weighted by Gasteiger charge is -2.11. The first-order valence-electron chi connectivity index (χ1n) is 7.46. The number of hydrogen-bond acceptors (Lipinski definition) is 4. The van der Waals surface area contributed by atoms with Gasteiger partial charge in [0.15, 0.2) is 5.82 Å². The Kier molecular flexibility index (Phi) is 4.73. The Morgan fingerprint density at radius 2 is 2.00 bits per heavy atom. The third-order valence-electron chi connectivity index (χ3n) is 3.36. The van der Waals surface area contributed by atoms with Gasteiger partial charge in [0.1, 0.15) is 5.75 Å². The predicted molar refractivity (Wildman–Crippen MR) is 93.5 cm³/mol. The van der Waals surface area contributed by atoms with Crippen molar-refractivity contribution in [1.29, 1.82) is 0 Å². The Labute approximate surface area is 139 Å². The van der Waals surface area contributed by atoms with Crippen molar-refractivity contribution >= 4 is 12.2 Å². The van der Waals surface area contributed by atoms with E-state index >= 15 is 0 Å². The second-order valence-corrected chi connectivity index (χ2v) is 5.36. The van der Waals surface area contributed by atoms with Gasteiger partial charge in [0.05, 0.1) is 13.2 Å². The van der Waals surface area contributed by atoms with Crippen LogP contribution in [0.4, 0.5) is 0 Å². The maximum Gasteiger partial charge on any atom is 0.214 e. The van der Waals surface area contributed by atoms with Gasteiger partial charge in [-0.1, -0.05) is 42.5 Å². The number of nitrogens with zero attached hydrogens (tertiary/aromatic N) is 2. The SMILES string of the molecule is CCOc1cccc(CNn2c(-c3ccccc3)n[nH]c2=S)c1. The Bertz CT molecular complexity index is 826. The van der Waals surface area contributed by atoms with E-state index in [9.17, 15) is 0 Å². The van der Waals surface area contributed by atoms with Gasteiger partial charge in [-0.15, -0.1) is 0 Å². The second-order valence-electron chi connectivity index (χ2n) is 4.97. The highest BCUT2D eigenvalue weighted by Crippen LogP contribution is 2.17. The molecular weight excluding hydrogens is 308 g/mol. The average molecular weight is 326 g/mol. The van der Waals surface area contributed by atoms with Crippen LogP contribution in [0.2, 0.25) is 0 Å². The number of aromatic amines is 1. The van der Waals surface area contributed by atoms with E-state index < -0.39 is 0 Å². The van der Waals surface area contributed by atoms with E-state index in [1.165, 1.54) is 0 Å². The molecule has 0 amide bonds. The number of hydrogen-bond donors (Lipinski definition) is 2. The molecule has 3 rings (SSSR count). The maximum atomic E-state index is 5.53. The molecule has 3 aromatic rings. The van der Waals surface area contributed by atoms with Crippen molar-refractivity contribution in [2.24, 2.45) is 0 Å². The summed E-state index contributed by atoms with van der Waals surface area (Å²) in [5.74, 6) is 1.63. The summed E-state index contributed by atoms with van der Waals surface area (Å²) < 4.78 is 7.85. The summed E-state index contributed by atoms with van der Waals surface area (Å²) in [6.45, 7) is 3.25. The molecule has 0 aliphatic rings. The van der Waals surface area contributed by atoms with Gasteiger partial charge in [-0.05, 0) is 36.8 Å². The Balaban J connectivity index is 1.80. The minimum absolute atomic E-state index is 0.532. The van der Waals surface area contributed by atoms with Gasteiger partial charge < -0.3 is 10.2 Å². The summed E-state index contributed by atoms with van der Waals surface area (Å²) in [5, 5.41) is 7.14. The number of benzene rings is 2. The standard InChI is InChI=1S/C17H18N4OS/c1-2-22-15-10-6-7-13(11-15)12-18-21-16(19-20-17(21)23)14-8-4-3-5-9-14/h3-11,18H,2,12H2,1H3,(H,20,23). The fourth-order valence-electron chi connectivity index (χ4n) is 2.31. The van der Waals surface area contributed by atoms with Gasteiger partial charge in [0, 0.05) is 5.56 Å². The molecule has 2 aromatic carbocycles. The summed E-state index contributed by atoms with van der Waals surface area (Å²) in [5.41, 5.74) is 5.41. The fourth-order valence-corrected chi connectivity index (χ4v) is 2.50. The summed E-state index contributed by atoms with van der Waals surface area (Å²) in [7, 11) is 0. The smallest absolute Gasteiger partial charge is 0.214 e. The average Bonchev–Trinajstić information content (AvgIpc) is 2.95. The fraction of sp³-hybridized carbons (Fsp3) is 0.176. The molecule has 2 N–H and O–H groups in total. The molecule has 0 aliphatic heterocycles. The van der Waals surface area contributed by atoms with E-state index in [1.807, 2.05) is 61.5 Å². The largest absolute Gasteiger partial charge is 0.494 e. The topological polar surface area (TPSA) is 54.9 Å². The van der Waals surface area contributed by atoms with Gasteiger partial charge in [-0.3, -0.25) is 0 Å². The number of H-pyrrole nitrogens is 1. The summed E-state index contributed by atoms with van der Waals surface area (Å²) in [4.78, 5) is 0. The molecule has 0 aliphatic carbocycles. The van der Waals surface area contributed by atoms with Crippen LogP contribution in [0.15, 0.2) is 54.6 Å². The summed E-state index contributed by atoms with van der Waals surface area (Å²) >= 11 is 5.31. The number of ether oxygens (including phenoxy) is 1. The van der Waals surface area contributed by atoms with Crippen LogP contribution >= 0.6 is 12.2 Å². The third kappa shape index (κ3) is 3.60. The van der Waals surface area contributed by atoms with Gasteiger partial charge in [-0.2, -0.15) is 5.10 Å². The van der Waals surface area contributed by atoms with Gasteiger partial charge in [0.25, 0.3) is 0 Å². The zero-order valence-electron chi connectivity index (χ0n) is 12.8. The van der Waals surface area contributed by atoms with Gasteiger partial charge in [0.2, 0.25) is 4.77 Å². The molecular formula is C17H18N4OS. The molecule has 1 aromatic heterocycles. The van der Waals surface area contributed by atoms with Crippen LogP contribution < -0.4 is 10.2 Å². The van der Waals surface area contributed by atoms with E-state index in [-0.39, 0.29) is 0 Å². The Hall–Kier alpha value is -2.60. The zero-order chi connectivity index (χ0) is 16.1. The van der Waals surface area contributed by atoms with Crippen LogP contribution in [-0.2, 0) is 6.54 Å². The van der Waals surface area contributed by atoms with E-state index in [1.54, 1.807) is 4.68 Å². The highest BCUT2D eigenvalue weighted by Gasteiger charge is 2.08. The Morgan fingerprint density at radius 1 is 1.17 bits per heavy atom. The lowest BCUT2D eigenvalue weighted by Crippen LogP contribution is -2.16. The number of nitrogens with one attached hydrogen (secondary N) is 2. The second kappa shape index (κ2) is 7.11. The Morgan fingerprint density at radius 3 is 2.78 bits per heavy atom. The highest BCUT2D eigenvalue weighted by molar-refractivity contribution is 7.71. The lowest BCUT2D eigenvalue weighted by atomic mass is 10.2. The quantitative estimate of drug-likeness (QED) is 0.677. The molecule has 0 spiro atoms. The van der Waals surface area contributed by atoms with E-state index in [0.29, 0.717) is 17.9 Å². The van der Waals surface area contributed by atoms with Gasteiger partial charge in [-0.25, -0.2) is 9.77 Å². The molecule has 5 nitrogen and oxygen atoms in total. The van der Waals surface area contributed by atoms with Crippen LogP contribution in [0.25, 0.3) is 11.4 Å². The molecule has 118 valence electrons. The monoisotopic (exact) mass is 326 g/mol. The third-order valence-corrected chi connectivity index (χ3v) is 3.63. The van der Waals surface area contributed by atoms with Crippen molar-refractivity contribution < 1.29 is 4.74 Å². The van der Waals surface area contributed by atoms with Gasteiger partial charge >= 0.3 is 0 Å². The first kappa shape index (κ1) is 15.3. The van der Waals surface area contributed by atoms with Crippen LogP contribution in [0, 0.1) is 4.77 Å². The molecule has 23 heavy (non-hydrogen) atoms. The van der Waals surface area contributed by atoms with Crippen LogP contribution in [0.3, 0.4) is 0 Å². The summed E-state index contributed by atoms with van der Waals surface area (Å²) in [6.07, 6.45) is 0. The molecule has 0 unspecified atom stereocenters. The molecule has 0 radical (unpaired) electrons. The van der Waals surface area contributed by atoms with E-state index in [0.717, 1.165) is 22.7 Å². The van der Waals surface area contributed by atoms with Crippen LogP contribution in [0.1, 0.15) is 12.5 Å². The van der Waals surface area contributed by atoms with Crippen molar-refractivity contribution in [2.45, 2.75) is 13.5 Å². The highest BCUT2D eigenvalue weighted by atomic mass is 32.1. The first-order valence-corrected chi connectivity index (χ1v) is 7.87. The van der Waals surface area contributed by atoms with E-state index in [2.05, 4.69) is 15.6 Å². The zero-order valence-corrected chi connectivity index (χ0v) is 13.6. The first-order chi connectivity index (χ1) is 11.3. The normalized spacial score (nSPS) is 10.5. The molecule has 0 saturated heterocycles. The summed E-state index contributed by atoms with van der Waals surface area (Å²) in [6, 6.07) is 17.9. The number of rotatable bonds is 6. The molecule has 1 heterocycles. The minimum atomic E-state index is 0.532. The molecule has 0 bridgehead atoms.